The van der Waals surface area contributed by atoms with Crippen molar-refractivity contribution in [3.8, 4) is 22.8 Å². The van der Waals surface area contributed by atoms with Gasteiger partial charge in [0.05, 0.1) is 25.6 Å². The molecule has 0 bridgehead atoms. The van der Waals surface area contributed by atoms with Crippen molar-refractivity contribution in [1.82, 2.24) is 9.38 Å². The topological polar surface area (TPSA) is 35.8 Å². The number of ether oxygens (including phenoxy) is 2. The van der Waals surface area contributed by atoms with E-state index in [0.717, 1.165) is 33.4 Å². The Bertz CT molecular complexity index is 818. The Morgan fingerprint density at radius 2 is 1.87 bits per heavy atom. The van der Waals surface area contributed by atoms with Gasteiger partial charge < -0.3 is 9.47 Å². The number of halogens is 1. The summed E-state index contributed by atoms with van der Waals surface area (Å²) in [5.74, 6) is 1.64. The molecule has 0 N–H and O–H groups in total. The summed E-state index contributed by atoms with van der Waals surface area (Å²) in [5.41, 5.74) is 3.19. The molecule has 4 nitrogen and oxygen atoms in total. The van der Waals surface area contributed by atoms with Crippen LogP contribution >= 0.6 is 23.7 Å². The fraction of sp³-hybridized carbons (Fsp3) is 0.353. The summed E-state index contributed by atoms with van der Waals surface area (Å²) in [6.07, 6.45) is 2.11. The Kier molecular flexibility index (Phi) is 4.92. The smallest absolute Gasteiger partial charge is 0.194 e. The minimum Gasteiger partial charge on any atom is -0.497 e. The maximum atomic E-state index is 5.51. The van der Waals surface area contributed by atoms with E-state index in [2.05, 4.69) is 36.7 Å². The highest BCUT2D eigenvalue weighted by molar-refractivity contribution is 7.15. The molecule has 0 aliphatic heterocycles. The van der Waals surface area contributed by atoms with Crippen molar-refractivity contribution in [1.29, 1.82) is 0 Å². The third kappa shape index (κ3) is 3.16. The molecule has 23 heavy (non-hydrogen) atoms. The maximum absolute atomic E-state index is 5.51. The summed E-state index contributed by atoms with van der Waals surface area (Å²) < 4.78 is 13.0. The summed E-state index contributed by atoms with van der Waals surface area (Å²) >= 11 is 1.63. The zero-order chi connectivity index (χ0) is 15.9. The number of rotatable bonds is 3. The molecule has 2 aromatic heterocycles. The highest BCUT2D eigenvalue weighted by Crippen LogP contribution is 2.36. The highest BCUT2D eigenvalue weighted by atomic mass is 35.5. The van der Waals surface area contributed by atoms with Gasteiger partial charge in [0.2, 0.25) is 0 Å². The van der Waals surface area contributed by atoms with Crippen LogP contribution in [0.3, 0.4) is 0 Å². The average Bonchev–Trinajstić information content (AvgIpc) is 3.06. The summed E-state index contributed by atoms with van der Waals surface area (Å²) in [5, 5.41) is 2.10. The van der Waals surface area contributed by atoms with E-state index in [1.807, 2.05) is 18.2 Å². The lowest BCUT2D eigenvalue weighted by atomic mass is 9.93. The zero-order valence-corrected chi connectivity index (χ0v) is 15.5. The van der Waals surface area contributed by atoms with Gasteiger partial charge in [-0.05, 0) is 18.2 Å². The van der Waals surface area contributed by atoms with Crippen LogP contribution in [0.15, 0.2) is 29.8 Å². The van der Waals surface area contributed by atoms with Crippen LogP contribution < -0.4 is 9.47 Å². The minimum absolute atomic E-state index is 0. The van der Waals surface area contributed by atoms with Crippen LogP contribution in [-0.2, 0) is 5.41 Å². The third-order valence-electron chi connectivity index (χ3n) is 3.66. The van der Waals surface area contributed by atoms with Crippen LogP contribution in [0.5, 0.6) is 11.5 Å². The Hall–Kier alpha value is -1.72. The number of imidazole rings is 1. The molecule has 0 saturated carbocycles. The first-order chi connectivity index (χ1) is 10.4. The van der Waals surface area contributed by atoms with E-state index >= 15 is 0 Å². The standard InChI is InChI=1S/C17H20N2O2S.ClH/c1-17(2,3)15-9-19-13(10-22-16(19)18-15)12-8-11(20-4)6-7-14(12)21-5;/h6-10H,1-5H3;1H. The number of fused-ring (bicyclic) bond motifs is 1. The number of aromatic nitrogens is 2. The molecular formula is C17H21ClN2O2S. The van der Waals surface area contributed by atoms with Crippen molar-refractivity contribution >= 4 is 28.7 Å². The number of hydrogen-bond donors (Lipinski definition) is 0. The van der Waals surface area contributed by atoms with Crippen molar-refractivity contribution < 1.29 is 9.47 Å². The van der Waals surface area contributed by atoms with E-state index in [0.29, 0.717) is 0 Å². The molecular weight excluding hydrogens is 332 g/mol. The minimum atomic E-state index is 0. The molecule has 2 heterocycles. The monoisotopic (exact) mass is 352 g/mol. The van der Waals surface area contributed by atoms with Crippen molar-refractivity contribution in [2.45, 2.75) is 26.2 Å². The molecule has 0 aliphatic rings. The Morgan fingerprint density at radius 1 is 1.13 bits per heavy atom. The second-order valence-corrected chi connectivity index (χ2v) is 7.05. The fourth-order valence-corrected chi connectivity index (χ4v) is 3.23. The van der Waals surface area contributed by atoms with Crippen molar-refractivity contribution in [3.05, 3.63) is 35.5 Å². The van der Waals surface area contributed by atoms with Crippen molar-refractivity contribution in [2.24, 2.45) is 0 Å². The molecule has 0 radical (unpaired) electrons. The first-order valence-corrected chi connectivity index (χ1v) is 8.01. The molecule has 0 fully saturated rings. The van der Waals surface area contributed by atoms with Gasteiger partial charge in [0.15, 0.2) is 4.96 Å². The summed E-state index contributed by atoms with van der Waals surface area (Å²) in [6, 6.07) is 5.83. The fourth-order valence-electron chi connectivity index (χ4n) is 2.35. The van der Waals surface area contributed by atoms with Gasteiger partial charge in [-0.3, -0.25) is 4.40 Å². The number of hydrogen-bond acceptors (Lipinski definition) is 4. The second kappa shape index (κ2) is 6.42. The van der Waals surface area contributed by atoms with Gasteiger partial charge in [0.25, 0.3) is 0 Å². The van der Waals surface area contributed by atoms with Crippen LogP contribution in [0.1, 0.15) is 26.5 Å². The van der Waals surface area contributed by atoms with Gasteiger partial charge in [-0.25, -0.2) is 4.98 Å². The van der Waals surface area contributed by atoms with Crippen LogP contribution in [0.4, 0.5) is 0 Å². The normalized spacial score (nSPS) is 11.3. The third-order valence-corrected chi connectivity index (χ3v) is 4.50. The first kappa shape index (κ1) is 17.6. The number of nitrogens with zero attached hydrogens (tertiary/aromatic N) is 2. The van der Waals surface area contributed by atoms with Crippen LogP contribution in [0, 0.1) is 0 Å². The summed E-state index contributed by atoms with van der Waals surface area (Å²) in [7, 11) is 3.35. The van der Waals surface area contributed by atoms with E-state index in [4.69, 9.17) is 14.5 Å². The zero-order valence-electron chi connectivity index (χ0n) is 13.9. The molecule has 1 aromatic carbocycles. The van der Waals surface area contributed by atoms with Crippen LogP contribution in [0.2, 0.25) is 0 Å². The van der Waals surface area contributed by atoms with E-state index < -0.39 is 0 Å². The molecule has 0 saturated heterocycles. The SMILES string of the molecule is COc1ccc(OC)c(-c2csc3nc(C(C)(C)C)cn23)c1.Cl. The lowest BCUT2D eigenvalue weighted by molar-refractivity contribution is 0.404. The van der Waals surface area contributed by atoms with Crippen molar-refractivity contribution in [3.63, 3.8) is 0 Å². The quantitative estimate of drug-likeness (QED) is 0.679. The maximum Gasteiger partial charge on any atom is 0.194 e. The molecule has 6 heteroatoms. The van der Waals surface area contributed by atoms with Gasteiger partial charge >= 0.3 is 0 Å². The van der Waals surface area contributed by atoms with Gasteiger partial charge in [-0.2, -0.15) is 0 Å². The molecule has 0 spiro atoms. The predicted molar refractivity (Wildman–Crippen MR) is 97.6 cm³/mol. The lowest BCUT2D eigenvalue weighted by Crippen LogP contribution is -2.11. The Balaban J connectivity index is 0.00000192. The summed E-state index contributed by atoms with van der Waals surface area (Å²) in [4.78, 5) is 5.73. The number of benzene rings is 1. The average molecular weight is 353 g/mol. The molecule has 124 valence electrons. The molecule has 0 atom stereocenters. The highest BCUT2D eigenvalue weighted by Gasteiger charge is 2.20. The van der Waals surface area contributed by atoms with Crippen LogP contribution in [0.25, 0.3) is 16.2 Å². The van der Waals surface area contributed by atoms with Gasteiger partial charge in [0, 0.05) is 22.6 Å². The van der Waals surface area contributed by atoms with E-state index in [-0.39, 0.29) is 17.8 Å². The van der Waals surface area contributed by atoms with Crippen LogP contribution in [-0.4, -0.2) is 23.6 Å². The predicted octanol–water partition coefficient (Wildman–Crippen LogP) is 4.80. The molecule has 0 aliphatic carbocycles. The molecule has 3 aromatic rings. The Morgan fingerprint density at radius 3 is 2.48 bits per heavy atom. The van der Waals surface area contributed by atoms with Gasteiger partial charge in [0.1, 0.15) is 11.5 Å². The largest absolute Gasteiger partial charge is 0.497 e. The number of methoxy groups -OCH3 is 2. The van der Waals surface area contributed by atoms with Gasteiger partial charge in [-0.1, -0.05) is 20.8 Å². The molecule has 0 amide bonds. The first-order valence-electron chi connectivity index (χ1n) is 7.13. The molecule has 3 rings (SSSR count). The lowest BCUT2D eigenvalue weighted by Gasteiger charge is -2.14. The van der Waals surface area contributed by atoms with Gasteiger partial charge in [-0.15, -0.1) is 23.7 Å². The number of thiazole rings is 1. The second-order valence-electron chi connectivity index (χ2n) is 6.22. The summed E-state index contributed by atoms with van der Waals surface area (Å²) in [6.45, 7) is 6.52. The van der Waals surface area contributed by atoms with Crippen molar-refractivity contribution in [2.75, 3.05) is 14.2 Å². The Labute approximate surface area is 146 Å². The van der Waals surface area contributed by atoms with E-state index in [1.54, 1.807) is 25.6 Å². The molecule has 0 unspecified atom stereocenters. The van der Waals surface area contributed by atoms with E-state index in [9.17, 15) is 0 Å². The van der Waals surface area contributed by atoms with E-state index in [1.165, 1.54) is 0 Å².